The third-order valence-electron chi connectivity index (χ3n) is 2.90. The van der Waals surface area contributed by atoms with E-state index >= 15 is 0 Å². The molecule has 0 radical (unpaired) electrons. The van der Waals surface area contributed by atoms with Gasteiger partial charge in [0, 0.05) is 23.9 Å². The van der Waals surface area contributed by atoms with Crippen LogP contribution >= 0.6 is 11.3 Å². The van der Waals surface area contributed by atoms with Crippen LogP contribution in [0.2, 0.25) is 0 Å². The number of nitro groups is 1. The van der Waals surface area contributed by atoms with Gasteiger partial charge >= 0.3 is 5.69 Å². The smallest absolute Gasteiger partial charge is 0.310 e. The van der Waals surface area contributed by atoms with Crippen molar-refractivity contribution in [3.63, 3.8) is 0 Å². The van der Waals surface area contributed by atoms with Gasteiger partial charge in [-0.3, -0.25) is 10.1 Å². The summed E-state index contributed by atoms with van der Waals surface area (Å²) in [5.74, 6) is 0.584. The first-order valence-corrected chi connectivity index (χ1v) is 7.43. The number of aromatic nitrogens is 1. The van der Waals surface area contributed by atoms with Crippen LogP contribution in [-0.4, -0.2) is 9.91 Å². The molecular formula is C14H17N3O3S. The van der Waals surface area contributed by atoms with Gasteiger partial charge in [-0.25, -0.2) is 4.98 Å². The minimum absolute atomic E-state index is 0.0634. The van der Waals surface area contributed by atoms with Crippen LogP contribution in [0, 0.1) is 10.1 Å². The number of rotatable bonds is 6. The van der Waals surface area contributed by atoms with E-state index < -0.39 is 4.92 Å². The lowest BCUT2D eigenvalue weighted by molar-refractivity contribution is -0.386. The van der Waals surface area contributed by atoms with Crippen molar-refractivity contribution in [1.82, 2.24) is 4.98 Å². The zero-order valence-corrected chi connectivity index (χ0v) is 12.7. The van der Waals surface area contributed by atoms with E-state index in [-0.39, 0.29) is 18.0 Å². The number of thiazole rings is 1. The van der Waals surface area contributed by atoms with Crippen LogP contribution in [0.5, 0.6) is 5.75 Å². The molecular weight excluding hydrogens is 290 g/mol. The van der Waals surface area contributed by atoms with Crippen LogP contribution < -0.4 is 10.5 Å². The standard InChI is InChI=1S/C14H17N3O3S/c1-9(2)14-16-11(8-21-14)7-20-13-5-10(6-15)3-4-12(13)17(18)19/h3-5,8-9H,6-7,15H2,1-2H3. The summed E-state index contributed by atoms with van der Waals surface area (Å²) >= 11 is 1.57. The summed E-state index contributed by atoms with van der Waals surface area (Å²) in [4.78, 5) is 15.0. The van der Waals surface area contributed by atoms with Crippen molar-refractivity contribution in [2.24, 2.45) is 5.73 Å². The number of nitrogens with zero attached hydrogens (tertiary/aromatic N) is 2. The maximum atomic E-state index is 11.0. The number of ether oxygens (including phenoxy) is 1. The molecule has 0 spiro atoms. The molecule has 6 nitrogen and oxygen atoms in total. The lowest BCUT2D eigenvalue weighted by atomic mass is 10.2. The number of hydrogen-bond donors (Lipinski definition) is 1. The van der Waals surface area contributed by atoms with E-state index in [0.717, 1.165) is 16.3 Å². The molecule has 2 rings (SSSR count). The highest BCUT2D eigenvalue weighted by Crippen LogP contribution is 2.29. The Balaban J connectivity index is 2.15. The van der Waals surface area contributed by atoms with Crippen LogP contribution in [0.15, 0.2) is 23.6 Å². The van der Waals surface area contributed by atoms with Gasteiger partial charge < -0.3 is 10.5 Å². The molecule has 0 bridgehead atoms. The number of hydrogen-bond acceptors (Lipinski definition) is 6. The summed E-state index contributed by atoms with van der Waals surface area (Å²) in [7, 11) is 0. The molecule has 0 aliphatic rings. The van der Waals surface area contributed by atoms with Crippen LogP contribution in [0.25, 0.3) is 0 Å². The van der Waals surface area contributed by atoms with E-state index in [0.29, 0.717) is 12.5 Å². The van der Waals surface area contributed by atoms with Gasteiger partial charge in [0.05, 0.1) is 15.6 Å². The molecule has 7 heteroatoms. The molecule has 1 heterocycles. The molecule has 1 aromatic carbocycles. The Bertz CT molecular complexity index is 640. The quantitative estimate of drug-likeness (QED) is 0.653. The highest BCUT2D eigenvalue weighted by molar-refractivity contribution is 7.09. The summed E-state index contributed by atoms with van der Waals surface area (Å²) in [6, 6.07) is 4.65. The van der Waals surface area contributed by atoms with Crippen molar-refractivity contribution < 1.29 is 9.66 Å². The first-order valence-electron chi connectivity index (χ1n) is 6.55. The topological polar surface area (TPSA) is 91.3 Å². The fourth-order valence-electron chi connectivity index (χ4n) is 1.76. The van der Waals surface area contributed by atoms with Gasteiger partial charge in [-0.2, -0.15) is 0 Å². The summed E-state index contributed by atoms with van der Waals surface area (Å²) in [6.45, 7) is 4.65. The molecule has 0 fully saturated rings. The predicted molar refractivity (Wildman–Crippen MR) is 81.5 cm³/mol. The molecule has 0 amide bonds. The largest absolute Gasteiger partial charge is 0.480 e. The van der Waals surface area contributed by atoms with E-state index in [4.69, 9.17) is 10.5 Å². The third kappa shape index (κ3) is 3.77. The molecule has 0 saturated heterocycles. The third-order valence-corrected chi connectivity index (χ3v) is 4.09. The monoisotopic (exact) mass is 307 g/mol. The molecule has 0 atom stereocenters. The van der Waals surface area contributed by atoms with Gasteiger partial charge in [0.25, 0.3) is 0 Å². The van der Waals surface area contributed by atoms with Gasteiger partial charge in [-0.05, 0) is 11.6 Å². The Morgan fingerprint density at radius 3 is 2.81 bits per heavy atom. The Labute approximate surface area is 126 Å². The Morgan fingerprint density at radius 1 is 1.48 bits per heavy atom. The van der Waals surface area contributed by atoms with Gasteiger partial charge in [0.15, 0.2) is 5.75 Å². The first kappa shape index (κ1) is 15.4. The van der Waals surface area contributed by atoms with Gasteiger partial charge in [-0.1, -0.05) is 19.9 Å². The average Bonchev–Trinajstić information content (AvgIpc) is 2.93. The highest BCUT2D eigenvalue weighted by atomic mass is 32.1. The molecule has 2 aromatic rings. The van der Waals surface area contributed by atoms with Crippen molar-refractivity contribution in [3.05, 3.63) is 50.0 Å². The highest BCUT2D eigenvalue weighted by Gasteiger charge is 2.16. The SMILES string of the molecule is CC(C)c1nc(COc2cc(CN)ccc2[N+](=O)[O-])cs1. The number of nitro benzene ring substituents is 1. The minimum Gasteiger partial charge on any atom is -0.480 e. The molecule has 112 valence electrons. The van der Waals surface area contributed by atoms with Crippen LogP contribution in [0.3, 0.4) is 0 Å². The number of benzene rings is 1. The number of nitrogens with two attached hydrogens (primary N) is 1. The molecule has 0 unspecified atom stereocenters. The molecule has 21 heavy (non-hydrogen) atoms. The maximum Gasteiger partial charge on any atom is 0.310 e. The molecule has 0 saturated carbocycles. The summed E-state index contributed by atoms with van der Waals surface area (Å²) < 4.78 is 5.57. The fourth-order valence-corrected chi connectivity index (χ4v) is 2.58. The van der Waals surface area contributed by atoms with Gasteiger partial charge in [0.2, 0.25) is 0 Å². The van der Waals surface area contributed by atoms with Gasteiger partial charge in [-0.15, -0.1) is 11.3 Å². The molecule has 2 N–H and O–H groups in total. The summed E-state index contributed by atoms with van der Waals surface area (Å²) in [5, 5.41) is 13.9. The average molecular weight is 307 g/mol. The lowest BCUT2D eigenvalue weighted by Gasteiger charge is -2.07. The van der Waals surface area contributed by atoms with E-state index in [1.807, 2.05) is 5.38 Å². The second-order valence-electron chi connectivity index (χ2n) is 4.88. The minimum atomic E-state index is -0.462. The first-order chi connectivity index (χ1) is 10.0. The van der Waals surface area contributed by atoms with E-state index in [9.17, 15) is 10.1 Å². The summed E-state index contributed by atoms with van der Waals surface area (Å²) in [5.41, 5.74) is 7.05. The van der Waals surface area contributed by atoms with Crippen LogP contribution in [-0.2, 0) is 13.2 Å². The lowest BCUT2D eigenvalue weighted by Crippen LogP contribution is -2.02. The van der Waals surface area contributed by atoms with Crippen molar-refractivity contribution in [1.29, 1.82) is 0 Å². The fraction of sp³-hybridized carbons (Fsp3) is 0.357. The van der Waals surface area contributed by atoms with E-state index in [2.05, 4.69) is 18.8 Å². The second-order valence-corrected chi connectivity index (χ2v) is 5.77. The Morgan fingerprint density at radius 2 is 2.24 bits per heavy atom. The Kier molecular flexibility index (Phi) is 4.87. The molecule has 0 aliphatic heterocycles. The van der Waals surface area contributed by atoms with Crippen LogP contribution in [0.4, 0.5) is 5.69 Å². The van der Waals surface area contributed by atoms with Crippen LogP contribution in [0.1, 0.15) is 36.0 Å². The molecule has 0 aliphatic carbocycles. The predicted octanol–water partition coefficient (Wildman–Crippen LogP) is 3.21. The van der Waals surface area contributed by atoms with Crippen molar-refractivity contribution in [2.45, 2.75) is 32.9 Å². The Hall–Kier alpha value is -1.99. The van der Waals surface area contributed by atoms with Crippen molar-refractivity contribution in [3.8, 4) is 5.75 Å². The van der Waals surface area contributed by atoms with Gasteiger partial charge in [0.1, 0.15) is 6.61 Å². The zero-order chi connectivity index (χ0) is 15.4. The second kappa shape index (κ2) is 6.64. The van der Waals surface area contributed by atoms with Crippen molar-refractivity contribution in [2.75, 3.05) is 0 Å². The van der Waals surface area contributed by atoms with E-state index in [1.165, 1.54) is 6.07 Å². The zero-order valence-electron chi connectivity index (χ0n) is 11.9. The summed E-state index contributed by atoms with van der Waals surface area (Å²) in [6.07, 6.45) is 0. The van der Waals surface area contributed by atoms with Crippen molar-refractivity contribution >= 4 is 17.0 Å². The maximum absolute atomic E-state index is 11.0. The van der Waals surface area contributed by atoms with E-state index in [1.54, 1.807) is 23.5 Å². The normalized spacial score (nSPS) is 10.9. The molecule has 1 aromatic heterocycles.